The van der Waals surface area contributed by atoms with E-state index < -0.39 is 0 Å². The van der Waals surface area contributed by atoms with E-state index in [1.54, 1.807) is 26.4 Å². The summed E-state index contributed by atoms with van der Waals surface area (Å²) in [6.07, 6.45) is 0. The van der Waals surface area contributed by atoms with E-state index in [9.17, 15) is 4.79 Å². The van der Waals surface area contributed by atoms with Gasteiger partial charge in [-0.05, 0) is 30.7 Å². The lowest BCUT2D eigenvalue weighted by Crippen LogP contribution is -2.03. The minimum absolute atomic E-state index is 0.167. The molecule has 0 spiro atoms. The topological polar surface area (TPSA) is 57.9 Å². The second-order valence-corrected chi connectivity index (χ2v) is 5.36. The molecular formula is C19H18O5. The summed E-state index contributed by atoms with van der Waals surface area (Å²) in [5.41, 5.74) is 2.01. The molecule has 0 atom stereocenters. The third kappa shape index (κ3) is 2.69. The number of methoxy groups -OCH3 is 3. The van der Waals surface area contributed by atoms with Crippen molar-refractivity contribution in [1.29, 1.82) is 0 Å². The molecular weight excluding hydrogens is 308 g/mol. The molecule has 0 bridgehead atoms. The highest BCUT2D eigenvalue weighted by Crippen LogP contribution is 2.32. The molecule has 2 aromatic carbocycles. The van der Waals surface area contributed by atoms with E-state index in [-0.39, 0.29) is 5.43 Å². The first kappa shape index (κ1) is 15.9. The van der Waals surface area contributed by atoms with Gasteiger partial charge >= 0.3 is 0 Å². The quantitative estimate of drug-likeness (QED) is 0.730. The minimum atomic E-state index is -0.167. The number of rotatable bonds is 4. The van der Waals surface area contributed by atoms with Crippen LogP contribution in [-0.4, -0.2) is 21.3 Å². The van der Waals surface area contributed by atoms with Gasteiger partial charge in [0.25, 0.3) is 0 Å². The van der Waals surface area contributed by atoms with Gasteiger partial charge in [-0.1, -0.05) is 0 Å². The third-order valence-electron chi connectivity index (χ3n) is 3.90. The molecule has 0 N–H and O–H groups in total. The van der Waals surface area contributed by atoms with Gasteiger partial charge in [-0.2, -0.15) is 0 Å². The summed E-state index contributed by atoms with van der Waals surface area (Å²) in [6.45, 7) is 1.94. The van der Waals surface area contributed by atoms with Crippen molar-refractivity contribution in [1.82, 2.24) is 0 Å². The number of aryl methyl sites for hydroxylation is 1. The van der Waals surface area contributed by atoms with Crippen LogP contribution in [0.1, 0.15) is 5.56 Å². The Hall–Kier alpha value is -2.95. The highest BCUT2D eigenvalue weighted by atomic mass is 16.5. The van der Waals surface area contributed by atoms with Gasteiger partial charge in [0.15, 0.2) is 5.43 Å². The predicted octanol–water partition coefficient (Wildman–Crippen LogP) is 3.79. The van der Waals surface area contributed by atoms with E-state index in [0.717, 1.165) is 16.9 Å². The fraction of sp³-hybridized carbons (Fsp3) is 0.211. The average molecular weight is 326 g/mol. The van der Waals surface area contributed by atoms with Gasteiger partial charge in [0.05, 0.1) is 21.3 Å². The van der Waals surface area contributed by atoms with Crippen LogP contribution >= 0.6 is 0 Å². The Morgan fingerprint density at radius 3 is 2.25 bits per heavy atom. The van der Waals surface area contributed by atoms with Gasteiger partial charge in [0.2, 0.25) is 0 Å². The molecule has 5 nitrogen and oxygen atoms in total. The van der Waals surface area contributed by atoms with Crippen LogP contribution < -0.4 is 19.6 Å². The van der Waals surface area contributed by atoms with Gasteiger partial charge in [0, 0.05) is 23.8 Å². The first-order valence-corrected chi connectivity index (χ1v) is 7.42. The van der Waals surface area contributed by atoms with Crippen LogP contribution in [-0.2, 0) is 0 Å². The molecule has 0 fully saturated rings. The molecule has 5 heteroatoms. The van der Waals surface area contributed by atoms with Crippen LogP contribution in [0.15, 0.2) is 45.6 Å². The Morgan fingerprint density at radius 1 is 0.875 bits per heavy atom. The first-order valence-electron chi connectivity index (χ1n) is 7.42. The van der Waals surface area contributed by atoms with E-state index in [0.29, 0.717) is 28.2 Å². The molecule has 0 aliphatic heterocycles. The normalized spacial score (nSPS) is 10.7. The van der Waals surface area contributed by atoms with E-state index in [2.05, 4.69) is 0 Å². The van der Waals surface area contributed by atoms with Crippen LogP contribution in [0.5, 0.6) is 17.2 Å². The van der Waals surface area contributed by atoms with Gasteiger partial charge in [-0.25, -0.2) is 0 Å². The van der Waals surface area contributed by atoms with E-state index in [1.807, 2.05) is 25.1 Å². The molecule has 24 heavy (non-hydrogen) atoms. The summed E-state index contributed by atoms with van der Waals surface area (Å²) >= 11 is 0. The lowest BCUT2D eigenvalue weighted by atomic mass is 10.1. The second kappa shape index (κ2) is 6.28. The Kier molecular flexibility index (Phi) is 4.16. The SMILES string of the molecule is COc1cc(OC)c2c(=O)cc(-c3ccc(OC)c(C)c3)oc2c1. The highest BCUT2D eigenvalue weighted by Gasteiger charge is 2.14. The van der Waals surface area contributed by atoms with Crippen molar-refractivity contribution < 1.29 is 18.6 Å². The molecule has 3 rings (SSSR count). The maximum absolute atomic E-state index is 12.6. The van der Waals surface area contributed by atoms with Crippen molar-refractivity contribution in [2.75, 3.05) is 21.3 Å². The summed E-state index contributed by atoms with van der Waals surface area (Å²) in [5, 5.41) is 0.396. The number of hydrogen-bond donors (Lipinski definition) is 0. The maximum atomic E-state index is 12.6. The zero-order chi connectivity index (χ0) is 17.3. The lowest BCUT2D eigenvalue weighted by Gasteiger charge is -2.10. The van der Waals surface area contributed by atoms with Crippen LogP contribution in [0.4, 0.5) is 0 Å². The smallest absolute Gasteiger partial charge is 0.197 e. The standard InChI is InChI=1S/C19H18O5/c1-11-7-12(5-6-15(11)22-3)16-10-14(20)19-17(23-4)8-13(21-2)9-18(19)24-16/h5-10H,1-4H3. The molecule has 3 aromatic rings. The number of hydrogen-bond acceptors (Lipinski definition) is 5. The zero-order valence-electron chi connectivity index (χ0n) is 14.0. The lowest BCUT2D eigenvalue weighted by molar-refractivity contribution is 0.396. The Morgan fingerprint density at radius 2 is 1.62 bits per heavy atom. The highest BCUT2D eigenvalue weighted by molar-refractivity contribution is 5.86. The molecule has 0 unspecified atom stereocenters. The summed E-state index contributed by atoms with van der Waals surface area (Å²) in [7, 11) is 4.68. The molecule has 0 saturated carbocycles. The number of benzene rings is 2. The fourth-order valence-corrected chi connectivity index (χ4v) is 2.68. The van der Waals surface area contributed by atoms with Crippen LogP contribution in [0.25, 0.3) is 22.3 Å². The van der Waals surface area contributed by atoms with Gasteiger partial charge < -0.3 is 18.6 Å². The fourth-order valence-electron chi connectivity index (χ4n) is 2.68. The number of ether oxygens (including phenoxy) is 3. The van der Waals surface area contributed by atoms with E-state index >= 15 is 0 Å². The monoisotopic (exact) mass is 326 g/mol. The van der Waals surface area contributed by atoms with Gasteiger partial charge in [0.1, 0.15) is 34.0 Å². The van der Waals surface area contributed by atoms with Crippen molar-refractivity contribution in [3.05, 3.63) is 52.2 Å². The Labute approximate surface area is 139 Å². The summed E-state index contributed by atoms with van der Waals surface area (Å²) in [4.78, 5) is 12.6. The molecule has 124 valence electrons. The van der Waals surface area contributed by atoms with Crippen LogP contribution in [0.2, 0.25) is 0 Å². The second-order valence-electron chi connectivity index (χ2n) is 5.36. The Balaban J connectivity index is 2.24. The summed E-state index contributed by atoms with van der Waals surface area (Å²) in [5.74, 6) is 2.25. The van der Waals surface area contributed by atoms with Crippen molar-refractivity contribution in [2.45, 2.75) is 6.92 Å². The van der Waals surface area contributed by atoms with Gasteiger partial charge in [-0.15, -0.1) is 0 Å². The van der Waals surface area contributed by atoms with Crippen LogP contribution in [0, 0.1) is 6.92 Å². The molecule has 0 amide bonds. The molecule has 0 aliphatic rings. The Bertz CT molecular complexity index is 956. The molecule has 0 saturated heterocycles. The van der Waals surface area contributed by atoms with Crippen molar-refractivity contribution in [2.24, 2.45) is 0 Å². The maximum Gasteiger partial charge on any atom is 0.197 e. The third-order valence-corrected chi connectivity index (χ3v) is 3.90. The molecule has 0 radical (unpaired) electrons. The molecule has 0 aliphatic carbocycles. The van der Waals surface area contributed by atoms with Crippen LogP contribution in [0.3, 0.4) is 0 Å². The summed E-state index contributed by atoms with van der Waals surface area (Å²) in [6, 6.07) is 10.4. The predicted molar refractivity (Wildman–Crippen MR) is 92.3 cm³/mol. The average Bonchev–Trinajstić information content (AvgIpc) is 2.60. The van der Waals surface area contributed by atoms with Crippen molar-refractivity contribution in [3.63, 3.8) is 0 Å². The van der Waals surface area contributed by atoms with Crippen molar-refractivity contribution >= 4 is 11.0 Å². The van der Waals surface area contributed by atoms with Crippen molar-refractivity contribution in [3.8, 4) is 28.6 Å². The minimum Gasteiger partial charge on any atom is -0.496 e. The molecule has 1 aromatic heterocycles. The number of fused-ring (bicyclic) bond motifs is 1. The molecule has 1 heterocycles. The van der Waals surface area contributed by atoms with E-state index in [1.165, 1.54) is 13.2 Å². The van der Waals surface area contributed by atoms with E-state index in [4.69, 9.17) is 18.6 Å². The largest absolute Gasteiger partial charge is 0.496 e. The first-order chi connectivity index (χ1) is 11.6. The van der Waals surface area contributed by atoms with Gasteiger partial charge in [-0.3, -0.25) is 4.79 Å². The summed E-state index contributed by atoms with van der Waals surface area (Å²) < 4.78 is 21.7. The zero-order valence-corrected chi connectivity index (χ0v) is 14.0.